The van der Waals surface area contributed by atoms with Crippen LogP contribution < -0.4 is 5.32 Å². The monoisotopic (exact) mass is 485 g/mol. The number of aliphatic hydroxyl groups is 1. The predicted molar refractivity (Wildman–Crippen MR) is 114 cm³/mol. The molecule has 3 amide bonds. The molecule has 33 heavy (non-hydrogen) atoms. The minimum absolute atomic E-state index is 0.0102. The van der Waals surface area contributed by atoms with Crippen molar-refractivity contribution in [1.82, 2.24) is 19.6 Å². The first kappa shape index (κ1) is 23.4. The highest BCUT2D eigenvalue weighted by atomic mass is 35.5. The summed E-state index contributed by atoms with van der Waals surface area (Å²) in [5.74, 6) is -1.64. The van der Waals surface area contributed by atoms with Crippen molar-refractivity contribution in [2.45, 2.75) is 38.9 Å². The lowest BCUT2D eigenvalue weighted by atomic mass is 9.99. The summed E-state index contributed by atoms with van der Waals surface area (Å²) in [6, 6.07) is 3.07. The van der Waals surface area contributed by atoms with Gasteiger partial charge in [0, 0.05) is 49.3 Å². The first-order valence-corrected chi connectivity index (χ1v) is 10.8. The maximum absolute atomic E-state index is 13.4. The molecule has 0 radical (unpaired) electrons. The SMILES string of the molecule is C[C@@H]1Cc2nn3c(c2CN1C(=O)Nc1ccc(F)c(Cl)c1)C(=O)N(CC(F)F)CC(CO)C3. The van der Waals surface area contributed by atoms with Gasteiger partial charge in [0.25, 0.3) is 12.3 Å². The zero-order valence-corrected chi connectivity index (χ0v) is 18.5. The van der Waals surface area contributed by atoms with E-state index in [-0.39, 0.29) is 43.0 Å². The fourth-order valence-electron chi connectivity index (χ4n) is 4.29. The number of fused-ring (bicyclic) bond motifs is 3. The Hall–Kier alpha value is -2.79. The predicted octanol–water partition coefficient (Wildman–Crippen LogP) is 2.98. The van der Waals surface area contributed by atoms with Gasteiger partial charge in [0.05, 0.1) is 23.8 Å². The first-order valence-electron chi connectivity index (χ1n) is 10.5. The van der Waals surface area contributed by atoms with Gasteiger partial charge in [0.2, 0.25) is 0 Å². The number of hydrogen-bond donors (Lipinski definition) is 2. The summed E-state index contributed by atoms with van der Waals surface area (Å²) in [4.78, 5) is 28.7. The van der Waals surface area contributed by atoms with Crippen LogP contribution in [-0.2, 0) is 19.5 Å². The molecule has 8 nitrogen and oxygen atoms in total. The highest BCUT2D eigenvalue weighted by Gasteiger charge is 2.38. The number of hydrogen-bond acceptors (Lipinski definition) is 4. The lowest BCUT2D eigenvalue weighted by Gasteiger charge is -2.33. The summed E-state index contributed by atoms with van der Waals surface area (Å²) in [6.07, 6.45) is -2.36. The number of anilines is 1. The standard InChI is InChI=1S/C21H23ClF3N5O3/c1-11-4-17-14(8-29(11)21(33)26-13-2-3-16(23)15(22)5-13)19-20(32)28(9-18(24)25)6-12(10-31)7-30(19)27-17/h2-3,5,11-12,18,31H,4,6-10H2,1H3,(H,26,33)/t11-,12?/m1/s1. The van der Waals surface area contributed by atoms with E-state index in [2.05, 4.69) is 10.4 Å². The first-order chi connectivity index (χ1) is 15.7. The van der Waals surface area contributed by atoms with Crippen molar-refractivity contribution in [3.05, 3.63) is 46.0 Å². The highest BCUT2D eigenvalue weighted by molar-refractivity contribution is 6.31. The number of amides is 3. The summed E-state index contributed by atoms with van der Waals surface area (Å²) in [5.41, 5.74) is 1.60. The lowest BCUT2D eigenvalue weighted by Crippen LogP contribution is -2.45. The normalized spacial score (nSPS) is 20.5. The van der Waals surface area contributed by atoms with Crippen LogP contribution in [0.25, 0.3) is 0 Å². The zero-order valence-electron chi connectivity index (χ0n) is 17.8. The van der Waals surface area contributed by atoms with Gasteiger partial charge in [-0.15, -0.1) is 0 Å². The van der Waals surface area contributed by atoms with Crippen LogP contribution in [0.1, 0.15) is 28.7 Å². The average Bonchev–Trinajstić information content (AvgIpc) is 3.03. The minimum atomic E-state index is -2.72. The molecule has 3 heterocycles. The molecule has 1 unspecified atom stereocenters. The number of carbonyl (C=O) groups excluding carboxylic acids is 2. The molecule has 2 aliphatic rings. The van der Waals surface area contributed by atoms with Crippen molar-refractivity contribution >= 4 is 29.2 Å². The van der Waals surface area contributed by atoms with Gasteiger partial charge in [-0.05, 0) is 25.1 Å². The van der Waals surface area contributed by atoms with E-state index >= 15 is 0 Å². The summed E-state index contributed by atoms with van der Waals surface area (Å²) in [7, 11) is 0. The molecule has 1 aromatic heterocycles. The van der Waals surface area contributed by atoms with Crippen molar-refractivity contribution in [2.24, 2.45) is 5.92 Å². The van der Waals surface area contributed by atoms with Gasteiger partial charge >= 0.3 is 6.03 Å². The molecule has 0 saturated heterocycles. The Bertz CT molecular complexity index is 1080. The van der Waals surface area contributed by atoms with Crippen LogP contribution in [-0.4, -0.2) is 68.8 Å². The number of aromatic nitrogens is 2. The van der Waals surface area contributed by atoms with Crippen LogP contribution in [0.4, 0.5) is 23.7 Å². The molecule has 12 heteroatoms. The van der Waals surface area contributed by atoms with Crippen LogP contribution in [0.5, 0.6) is 0 Å². The lowest BCUT2D eigenvalue weighted by molar-refractivity contribution is 0.0494. The molecule has 178 valence electrons. The molecule has 2 aliphatic heterocycles. The summed E-state index contributed by atoms with van der Waals surface area (Å²) >= 11 is 5.78. The Morgan fingerprint density at radius 3 is 2.79 bits per heavy atom. The van der Waals surface area contributed by atoms with Gasteiger partial charge in [0.1, 0.15) is 11.5 Å². The van der Waals surface area contributed by atoms with Crippen LogP contribution in [0.15, 0.2) is 18.2 Å². The molecule has 0 spiro atoms. The van der Waals surface area contributed by atoms with Crippen molar-refractivity contribution in [1.29, 1.82) is 0 Å². The number of alkyl halides is 2. The Balaban J connectivity index is 1.62. The summed E-state index contributed by atoms with van der Waals surface area (Å²) in [6.45, 7) is 1.04. The second-order valence-corrected chi connectivity index (χ2v) is 8.75. The van der Waals surface area contributed by atoms with Gasteiger partial charge < -0.3 is 20.2 Å². The van der Waals surface area contributed by atoms with Crippen LogP contribution in [0.2, 0.25) is 5.02 Å². The van der Waals surface area contributed by atoms with Crippen LogP contribution in [0, 0.1) is 11.7 Å². The molecule has 0 aliphatic carbocycles. The van der Waals surface area contributed by atoms with Gasteiger partial charge in [0.15, 0.2) is 0 Å². The zero-order chi connectivity index (χ0) is 23.9. The summed E-state index contributed by atoms with van der Waals surface area (Å²) < 4.78 is 41.1. The third-order valence-corrected chi connectivity index (χ3v) is 6.22. The van der Waals surface area contributed by atoms with E-state index in [1.807, 2.05) is 6.92 Å². The number of urea groups is 1. The topological polar surface area (TPSA) is 90.7 Å². The number of nitrogens with one attached hydrogen (secondary N) is 1. The molecule has 1 aromatic carbocycles. The molecule has 0 fully saturated rings. The van der Waals surface area contributed by atoms with E-state index in [1.54, 1.807) is 0 Å². The number of nitrogens with zero attached hydrogens (tertiary/aromatic N) is 4. The Labute approximate surface area is 192 Å². The Morgan fingerprint density at radius 2 is 2.12 bits per heavy atom. The van der Waals surface area contributed by atoms with Crippen LogP contribution in [0.3, 0.4) is 0 Å². The highest BCUT2D eigenvalue weighted by Crippen LogP contribution is 2.30. The maximum Gasteiger partial charge on any atom is 0.322 e. The smallest absolute Gasteiger partial charge is 0.322 e. The average molecular weight is 486 g/mol. The number of carbonyl (C=O) groups is 2. The number of halogens is 4. The number of benzene rings is 1. The molecule has 0 saturated carbocycles. The Morgan fingerprint density at radius 1 is 1.36 bits per heavy atom. The van der Waals surface area contributed by atoms with E-state index in [0.29, 0.717) is 23.4 Å². The van der Waals surface area contributed by atoms with Gasteiger partial charge in [-0.2, -0.15) is 5.10 Å². The third-order valence-electron chi connectivity index (χ3n) is 5.93. The van der Waals surface area contributed by atoms with Crippen molar-refractivity contribution < 1.29 is 27.9 Å². The fraction of sp³-hybridized carbons (Fsp3) is 0.476. The number of rotatable bonds is 4. The van der Waals surface area contributed by atoms with Gasteiger partial charge in [-0.1, -0.05) is 11.6 Å². The van der Waals surface area contributed by atoms with E-state index in [0.717, 1.165) is 11.0 Å². The molecular weight excluding hydrogens is 463 g/mol. The van der Waals surface area contributed by atoms with Crippen molar-refractivity contribution in [3.8, 4) is 0 Å². The second kappa shape index (κ2) is 9.22. The van der Waals surface area contributed by atoms with E-state index < -0.39 is 36.6 Å². The fourth-order valence-corrected chi connectivity index (χ4v) is 4.47. The van der Waals surface area contributed by atoms with E-state index in [9.17, 15) is 27.9 Å². The second-order valence-electron chi connectivity index (χ2n) is 8.35. The minimum Gasteiger partial charge on any atom is -0.396 e. The van der Waals surface area contributed by atoms with E-state index in [4.69, 9.17) is 11.6 Å². The van der Waals surface area contributed by atoms with Gasteiger partial charge in [-0.3, -0.25) is 9.48 Å². The van der Waals surface area contributed by atoms with Crippen molar-refractivity contribution in [3.63, 3.8) is 0 Å². The number of aliphatic hydroxyl groups excluding tert-OH is 1. The molecular formula is C21H23ClF3N5O3. The molecule has 2 N–H and O–H groups in total. The Kier molecular flexibility index (Phi) is 6.53. The molecule has 0 bridgehead atoms. The molecule has 4 rings (SSSR count). The van der Waals surface area contributed by atoms with Gasteiger partial charge in [-0.25, -0.2) is 18.0 Å². The quantitative estimate of drug-likeness (QED) is 0.696. The maximum atomic E-state index is 13.4. The van der Waals surface area contributed by atoms with Crippen LogP contribution >= 0.6 is 11.6 Å². The summed E-state index contributed by atoms with van der Waals surface area (Å²) in [5, 5.41) is 16.7. The van der Waals surface area contributed by atoms with Crippen molar-refractivity contribution in [2.75, 3.05) is 25.0 Å². The third kappa shape index (κ3) is 4.65. The molecule has 2 aromatic rings. The largest absolute Gasteiger partial charge is 0.396 e. The van der Waals surface area contributed by atoms with E-state index in [1.165, 1.54) is 21.7 Å². The molecule has 2 atom stereocenters.